The quantitative estimate of drug-likeness (QED) is 0.436. The Kier molecular flexibility index (Phi) is 3.30. The van der Waals surface area contributed by atoms with Crippen molar-refractivity contribution in [1.29, 1.82) is 0 Å². The Labute approximate surface area is 87.4 Å². The maximum Gasteiger partial charge on any atom is 0.182 e. The van der Waals surface area contributed by atoms with Crippen molar-refractivity contribution in [2.24, 2.45) is 5.73 Å². The number of nitrogens with two attached hydrogens (primary N) is 1. The molecule has 4 nitrogen and oxygen atoms in total. The molecule has 0 aromatic heterocycles. The van der Waals surface area contributed by atoms with Gasteiger partial charge < -0.3 is 10.8 Å². The van der Waals surface area contributed by atoms with E-state index in [9.17, 15) is 5.11 Å². The minimum Gasteiger partial charge on any atom is -0.507 e. The summed E-state index contributed by atoms with van der Waals surface area (Å²) in [5.74, 6) is 0.148. The average Bonchev–Trinajstić information content (AvgIpc) is 2.15. The Morgan fingerprint density at radius 3 is 2.57 bits per heavy atom. The molecule has 1 aromatic carbocycles. The van der Waals surface area contributed by atoms with Crippen LogP contribution >= 0.6 is 12.2 Å². The molecule has 14 heavy (non-hydrogen) atoms. The highest BCUT2D eigenvalue weighted by molar-refractivity contribution is 7.80. The number of hydrogen-bond donors (Lipinski definition) is 4. The molecular formula is C9H11N3OS. The summed E-state index contributed by atoms with van der Waals surface area (Å²) in [5.41, 5.74) is 11.5. The number of nitrogens with one attached hydrogen (secondary N) is 2. The Morgan fingerprint density at radius 2 is 2.00 bits per heavy atom. The van der Waals surface area contributed by atoms with Crippen LogP contribution in [0.1, 0.15) is 5.56 Å². The smallest absolute Gasteiger partial charge is 0.182 e. The predicted octanol–water partition coefficient (Wildman–Crippen LogP) is 0.701. The zero-order valence-corrected chi connectivity index (χ0v) is 8.27. The van der Waals surface area contributed by atoms with Crippen LogP contribution in [0.25, 0.3) is 5.70 Å². The minimum atomic E-state index is 0.113. The molecule has 0 atom stereocenters. The van der Waals surface area contributed by atoms with Gasteiger partial charge in [-0.25, -0.2) is 0 Å². The third-order valence-corrected chi connectivity index (χ3v) is 1.67. The van der Waals surface area contributed by atoms with Crippen molar-refractivity contribution in [1.82, 2.24) is 10.9 Å². The first kappa shape index (κ1) is 10.3. The number of hydrazine groups is 1. The number of benzene rings is 1. The van der Waals surface area contributed by atoms with Crippen LogP contribution in [0.2, 0.25) is 0 Å². The van der Waals surface area contributed by atoms with Crippen LogP contribution in [0.4, 0.5) is 0 Å². The first-order chi connectivity index (χ1) is 6.61. The molecular weight excluding hydrogens is 198 g/mol. The van der Waals surface area contributed by atoms with Crippen molar-refractivity contribution in [3.63, 3.8) is 0 Å². The first-order valence-electron chi connectivity index (χ1n) is 3.90. The Morgan fingerprint density at radius 1 is 1.36 bits per heavy atom. The average molecular weight is 209 g/mol. The molecule has 74 valence electrons. The molecule has 1 aromatic rings. The molecule has 0 saturated carbocycles. The summed E-state index contributed by atoms with van der Waals surface area (Å²) in [7, 11) is 0. The first-order valence-corrected chi connectivity index (χ1v) is 4.31. The normalized spacial score (nSPS) is 9.14. The SMILES string of the molecule is C=C(NNC(N)=S)c1ccccc1O. The molecule has 0 aliphatic heterocycles. The summed E-state index contributed by atoms with van der Waals surface area (Å²) < 4.78 is 0. The topological polar surface area (TPSA) is 70.3 Å². The third-order valence-electron chi connectivity index (χ3n) is 1.57. The number of rotatable bonds is 3. The third kappa shape index (κ3) is 2.63. The number of thiocarbonyl (C=S) groups is 1. The van der Waals surface area contributed by atoms with Crippen molar-refractivity contribution >= 4 is 23.0 Å². The fourth-order valence-corrected chi connectivity index (χ4v) is 0.984. The van der Waals surface area contributed by atoms with Gasteiger partial charge in [-0.2, -0.15) is 0 Å². The highest BCUT2D eigenvalue weighted by atomic mass is 32.1. The lowest BCUT2D eigenvalue weighted by Crippen LogP contribution is -2.39. The summed E-state index contributed by atoms with van der Waals surface area (Å²) in [6.45, 7) is 3.71. The van der Waals surface area contributed by atoms with Crippen LogP contribution in [0.3, 0.4) is 0 Å². The predicted molar refractivity (Wildman–Crippen MR) is 60.2 cm³/mol. The van der Waals surface area contributed by atoms with E-state index >= 15 is 0 Å². The van der Waals surface area contributed by atoms with Crippen LogP contribution in [0, 0.1) is 0 Å². The fourth-order valence-electron chi connectivity index (χ4n) is 0.933. The van der Waals surface area contributed by atoms with Gasteiger partial charge in [-0.05, 0) is 24.4 Å². The number of hydrogen-bond acceptors (Lipinski definition) is 3. The second-order valence-electron chi connectivity index (χ2n) is 2.61. The van der Waals surface area contributed by atoms with Gasteiger partial charge in [-0.3, -0.25) is 10.9 Å². The van der Waals surface area contributed by atoms with Gasteiger partial charge in [-0.1, -0.05) is 18.7 Å². The molecule has 0 fully saturated rings. The molecule has 0 radical (unpaired) electrons. The van der Waals surface area contributed by atoms with E-state index < -0.39 is 0 Å². The number of aromatic hydroxyl groups is 1. The van der Waals surface area contributed by atoms with Crippen LogP contribution in [-0.2, 0) is 0 Å². The standard InChI is InChI=1S/C9H11N3OS/c1-6(11-12-9(10)14)7-4-2-3-5-8(7)13/h2-5,11,13H,1H2,(H3,10,12,14). The van der Waals surface area contributed by atoms with Crippen LogP contribution in [0.15, 0.2) is 30.8 Å². The van der Waals surface area contributed by atoms with Gasteiger partial charge in [0.15, 0.2) is 5.11 Å². The van der Waals surface area contributed by atoms with E-state index in [2.05, 4.69) is 29.6 Å². The van der Waals surface area contributed by atoms with Gasteiger partial charge >= 0.3 is 0 Å². The molecule has 0 amide bonds. The largest absolute Gasteiger partial charge is 0.507 e. The van der Waals surface area contributed by atoms with Crippen molar-refractivity contribution in [2.45, 2.75) is 0 Å². The van der Waals surface area contributed by atoms with E-state index in [0.29, 0.717) is 11.3 Å². The maximum atomic E-state index is 9.45. The molecule has 0 bridgehead atoms. The van der Waals surface area contributed by atoms with Crippen molar-refractivity contribution < 1.29 is 5.11 Å². The van der Waals surface area contributed by atoms with Crippen LogP contribution < -0.4 is 16.6 Å². The Balaban J connectivity index is 2.70. The molecule has 0 unspecified atom stereocenters. The van der Waals surface area contributed by atoms with Crippen molar-refractivity contribution in [2.75, 3.05) is 0 Å². The lowest BCUT2D eigenvalue weighted by atomic mass is 10.1. The number of phenolic OH excluding ortho intramolecular Hbond substituents is 1. The lowest BCUT2D eigenvalue weighted by molar-refractivity contribution is 0.473. The summed E-state index contributed by atoms with van der Waals surface area (Å²) in [6, 6.07) is 6.82. The van der Waals surface area contributed by atoms with Crippen molar-refractivity contribution in [3.05, 3.63) is 36.4 Å². The fraction of sp³-hybridized carbons (Fsp3) is 0. The molecule has 5 heteroatoms. The summed E-state index contributed by atoms with van der Waals surface area (Å²) in [4.78, 5) is 0. The van der Waals surface area contributed by atoms with Crippen LogP contribution in [-0.4, -0.2) is 10.2 Å². The molecule has 0 aliphatic carbocycles. The highest BCUT2D eigenvalue weighted by Gasteiger charge is 2.02. The molecule has 0 heterocycles. The molecule has 5 N–H and O–H groups in total. The Bertz CT molecular complexity index is 365. The summed E-state index contributed by atoms with van der Waals surface area (Å²) in [5, 5.41) is 9.57. The van der Waals surface area contributed by atoms with E-state index in [0.717, 1.165) is 0 Å². The second-order valence-corrected chi connectivity index (χ2v) is 3.05. The monoisotopic (exact) mass is 209 g/mol. The van der Waals surface area contributed by atoms with Crippen LogP contribution in [0.5, 0.6) is 5.75 Å². The maximum absolute atomic E-state index is 9.45. The molecule has 1 rings (SSSR count). The second kappa shape index (κ2) is 4.48. The van der Waals surface area contributed by atoms with Gasteiger partial charge in [0.2, 0.25) is 0 Å². The minimum absolute atomic E-state index is 0.113. The van der Waals surface area contributed by atoms with Crippen molar-refractivity contribution in [3.8, 4) is 5.75 Å². The van der Waals surface area contributed by atoms with Gasteiger partial charge in [0.05, 0.1) is 5.70 Å². The zero-order chi connectivity index (χ0) is 10.6. The van der Waals surface area contributed by atoms with Gasteiger partial charge in [0.1, 0.15) is 5.75 Å². The zero-order valence-electron chi connectivity index (χ0n) is 7.45. The number of para-hydroxylation sites is 1. The summed E-state index contributed by atoms with van der Waals surface area (Å²) >= 11 is 4.60. The Hall–Kier alpha value is -1.75. The van der Waals surface area contributed by atoms with E-state index in [1.165, 1.54) is 0 Å². The number of phenols is 1. The van der Waals surface area contributed by atoms with Gasteiger partial charge in [0, 0.05) is 5.56 Å². The van der Waals surface area contributed by atoms with Gasteiger partial charge in [0.25, 0.3) is 0 Å². The lowest BCUT2D eigenvalue weighted by Gasteiger charge is -2.11. The molecule has 0 spiro atoms. The molecule has 0 saturated heterocycles. The van der Waals surface area contributed by atoms with E-state index in [-0.39, 0.29) is 10.9 Å². The summed E-state index contributed by atoms with van der Waals surface area (Å²) in [6.07, 6.45) is 0. The van der Waals surface area contributed by atoms with E-state index in [1.54, 1.807) is 24.3 Å². The van der Waals surface area contributed by atoms with E-state index in [1.807, 2.05) is 0 Å². The van der Waals surface area contributed by atoms with Gasteiger partial charge in [-0.15, -0.1) is 0 Å². The highest BCUT2D eigenvalue weighted by Crippen LogP contribution is 2.20. The van der Waals surface area contributed by atoms with E-state index in [4.69, 9.17) is 5.73 Å². The molecule has 0 aliphatic rings.